The summed E-state index contributed by atoms with van der Waals surface area (Å²) in [5, 5.41) is 9.26. The van der Waals surface area contributed by atoms with Crippen LogP contribution in [0.3, 0.4) is 0 Å². The van der Waals surface area contributed by atoms with Crippen LogP contribution in [0.15, 0.2) is 24.3 Å². The third kappa shape index (κ3) is 2.76. The number of carbonyl (C=O) groups excluding carboxylic acids is 1. The van der Waals surface area contributed by atoms with Gasteiger partial charge in [0.05, 0.1) is 4.88 Å². The minimum Gasteiger partial charge on any atom is -0.481 e. The topological polar surface area (TPSA) is 57.6 Å². The summed E-state index contributed by atoms with van der Waals surface area (Å²) in [6, 6.07) is 6.38. The highest BCUT2D eigenvalue weighted by molar-refractivity contribution is 7.20. The van der Waals surface area contributed by atoms with Crippen LogP contribution in [0.4, 0.5) is 4.39 Å². The van der Waals surface area contributed by atoms with Crippen molar-refractivity contribution in [3.8, 4) is 0 Å². The van der Waals surface area contributed by atoms with Gasteiger partial charge in [0.25, 0.3) is 5.91 Å². The number of halogens is 1. The molecule has 0 spiro atoms. The highest BCUT2D eigenvalue weighted by atomic mass is 32.1. The molecule has 0 radical (unpaired) electrons. The van der Waals surface area contributed by atoms with Gasteiger partial charge in [0.1, 0.15) is 5.82 Å². The Morgan fingerprint density at radius 3 is 2.95 bits per heavy atom. The average molecular weight is 307 g/mol. The number of aliphatic carboxylic acids is 1. The summed E-state index contributed by atoms with van der Waals surface area (Å²) < 4.78 is 14.4. The van der Waals surface area contributed by atoms with Crippen LogP contribution >= 0.6 is 11.3 Å². The lowest BCUT2D eigenvalue weighted by atomic mass is 10.1. The molecule has 1 amide bonds. The van der Waals surface area contributed by atoms with Gasteiger partial charge in [-0.15, -0.1) is 11.3 Å². The fourth-order valence-corrected chi connectivity index (χ4v) is 3.76. The number of thiophene rings is 1. The predicted octanol–water partition coefficient (Wildman–Crippen LogP) is 2.98. The molecule has 0 saturated carbocycles. The summed E-state index contributed by atoms with van der Waals surface area (Å²) in [5.41, 5.74) is 0. The maximum absolute atomic E-state index is 13.7. The number of carboxylic acid groups (broad SMARTS) is 1. The van der Waals surface area contributed by atoms with Crippen LogP contribution in [0.5, 0.6) is 0 Å². The zero-order valence-corrected chi connectivity index (χ0v) is 12.0. The minimum absolute atomic E-state index is 0.0116. The van der Waals surface area contributed by atoms with E-state index in [2.05, 4.69) is 0 Å². The Balaban J connectivity index is 1.78. The summed E-state index contributed by atoms with van der Waals surface area (Å²) in [6.45, 7) is 1.02. The van der Waals surface area contributed by atoms with Crippen LogP contribution in [0.2, 0.25) is 0 Å². The van der Waals surface area contributed by atoms with Crippen LogP contribution in [0, 0.1) is 11.7 Å². The van der Waals surface area contributed by atoms with Crippen molar-refractivity contribution in [3.63, 3.8) is 0 Å². The van der Waals surface area contributed by atoms with E-state index in [-0.39, 0.29) is 24.1 Å². The third-order valence-electron chi connectivity index (χ3n) is 3.76. The molecule has 1 atom stereocenters. The molecule has 6 heteroatoms. The van der Waals surface area contributed by atoms with Crippen molar-refractivity contribution < 1.29 is 19.1 Å². The quantitative estimate of drug-likeness (QED) is 0.948. The Kier molecular flexibility index (Phi) is 3.63. The molecular formula is C15H14FNO3S. The normalized spacial score (nSPS) is 18.3. The lowest BCUT2D eigenvalue weighted by Crippen LogP contribution is -2.28. The SMILES string of the molecule is O=C(O)CC1CCN(C(=O)c2cc3c(F)cccc3s2)C1. The lowest BCUT2D eigenvalue weighted by molar-refractivity contribution is -0.138. The smallest absolute Gasteiger partial charge is 0.303 e. The molecule has 3 rings (SSSR count). The molecule has 1 unspecified atom stereocenters. The van der Waals surface area contributed by atoms with Gasteiger partial charge in [-0.3, -0.25) is 9.59 Å². The van der Waals surface area contributed by atoms with Crippen molar-refractivity contribution in [3.05, 3.63) is 35.0 Å². The summed E-state index contributed by atoms with van der Waals surface area (Å²) >= 11 is 1.27. The van der Waals surface area contributed by atoms with E-state index < -0.39 is 5.97 Å². The number of benzene rings is 1. The van der Waals surface area contributed by atoms with Gasteiger partial charge < -0.3 is 10.0 Å². The molecule has 110 valence electrons. The first kappa shape index (κ1) is 14.0. The van der Waals surface area contributed by atoms with Crippen LogP contribution < -0.4 is 0 Å². The van der Waals surface area contributed by atoms with Crippen molar-refractivity contribution in [2.75, 3.05) is 13.1 Å². The van der Waals surface area contributed by atoms with Crippen LogP contribution in [-0.4, -0.2) is 35.0 Å². The maximum Gasteiger partial charge on any atom is 0.303 e. The average Bonchev–Trinajstić information content (AvgIpc) is 3.04. The second kappa shape index (κ2) is 5.44. The van der Waals surface area contributed by atoms with E-state index in [1.807, 2.05) is 0 Å². The van der Waals surface area contributed by atoms with E-state index in [0.29, 0.717) is 29.8 Å². The molecular weight excluding hydrogens is 293 g/mol. The van der Waals surface area contributed by atoms with E-state index in [1.165, 1.54) is 17.4 Å². The monoisotopic (exact) mass is 307 g/mol. The zero-order valence-electron chi connectivity index (χ0n) is 11.2. The van der Waals surface area contributed by atoms with E-state index in [1.54, 1.807) is 23.1 Å². The van der Waals surface area contributed by atoms with E-state index in [4.69, 9.17) is 5.11 Å². The molecule has 0 bridgehead atoms. The fraction of sp³-hybridized carbons (Fsp3) is 0.333. The Morgan fingerprint density at radius 2 is 2.24 bits per heavy atom. The number of amides is 1. The van der Waals surface area contributed by atoms with Gasteiger partial charge in [-0.05, 0) is 30.5 Å². The Morgan fingerprint density at radius 1 is 1.43 bits per heavy atom. The van der Waals surface area contributed by atoms with Gasteiger partial charge in [0.2, 0.25) is 0 Å². The molecule has 0 aliphatic carbocycles. The highest BCUT2D eigenvalue weighted by Crippen LogP contribution is 2.30. The number of nitrogens with zero attached hydrogens (tertiary/aromatic N) is 1. The van der Waals surface area contributed by atoms with Gasteiger partial charge >= 0.3 is 5.97 Å². The predicted molar refractivity (Wildman–Crippen MR) is 78.0 cm³/mol. The fourth-order valence-electron chi connectivity index (χ4n) is 2.72. The summed E-state index contributed by atoms with van der Waals surface area (Å²) in [7, 11) is 0. The zero-order chi connectivity index (χ0) is 15.0. The second-order valence-electron chi connectivity index (χ2n) is 5.27. The number of hydrogen-bond donors (Lipinski definition) is 1. The van der Waals surface area contributed by atoms with Crippen molar-refractivity contribution >= 4 is 33.3 Å². The standard InChI is InChI=1S/C15H14FNO3S/c16-11-2-1-3-12-10(11)7-13(21-12)15(20)17-5-4-9(8-17)6-14(18)19/h1-3,7,9H,4-6,8H2,(H,18,19). The van der Waals surface area contributed by atoms with Crippen molar-refractivity contribution in [1.29, 1.82) is 0 Å². The van der Waals surface area contributed by atoms with E-state index in [0.717, 1.165) is 4.70 Å². The molecule has 1 aliphatic rings. The Bertz CT molecular complexity index is 712. The molecule has 1 saturated heterocycles. The molecule has 1 fully saturated rings. The first-order chi connectivity index (χ1) is 10.0. The van der Waals surface area contributed by atoms with Crippen LogP contribution in [0.25, 0.3) is 10.1 Å². The number of likely N-dealkylation sites (tertiary alicyclic amines) is 1. The van der Waals surface area contributed by atoms with E-state index in [9.17, 15) is 14.0 Å². The molecule has 4 nitrogen and oxygen atoms in total. The van der Waals surface area contributed by atoms with E-state index >= 15 is 0 Å². The van der Waals surface area contributed by atoms with Gasteiger partial charge in [-0.25, -0.2) is 4.39 Å². The summed E-state index contributed by atoms with van der Waals surface area (Å²) in [5.74, 6) is -1.28. The van der Waals surface area contributed by atoms with Crippen molar-refractivity contribution in [2.24, 2.45) is 5.92 Å². The number of fused-ring (bicyclic) bond motifs is 1. The Labute approximate surface area is 124 Å². The third-order valence-corrected chi connectivity index (χ3v) is 4.84. The summed E-state index contributed by atoms with van der Waals surface area (Å²) in [6.07, 6.45) is 0.794. The molecule has 1 aromatic heterocycles. The molecule has 1 aromatic carbocycles. The molecule has 2 aromatic rings. The minimum atomic E-state index is -0.835. The molecule has 21 heavy (non-hydrogen) atoms. The van der Waals surface area contributed by atoms with Crippen LogP contribution in [0.1, 0.15) is 22.5 Å². The van der Waals surface area contributed by atoms with Gasteiger partial charge in [-0.2, -0.15) is 0 Å². The Hall–Kier alpha value is -1.95. The largest absolute Gasteiger partial charge is 0.481 e. The van der Waals surface area contributed by atoms with Crippen molar-refractivity contribution in [2.45, 2.75) is 12.8 Å². The highest BCUT2D eigenvalue weighted by Gasteiger charge is 2.29. The maximum atomic E-state index is 13.7. The molecule has 2 heterocycles. The summed E-state index contributed by atoms with van der Waals surface area (Å²) in [4.78, 5) is 25.3. The number of hydrogen-bond acceptors (Lipinski definition) is 3. The van der Waals surface area contributed by atoms with Gasteiger partial charge in [0.15, 0.2) is 0 Å². The van der Waals surface area contributed by atoms with Gasteiger partial charge in [-0.1, -0.05) is 6.07 Å². The number of carbonyl (C=O) groups is 2. The lowest BCUT2D eigenvalue weighted by Gasteiger charge is -2.14. The number of rotatable bonds is 3. The number of carboxylic acids is 1. The van der Waals surface area contributed by atoms with Crippen LogP contribution in [-0.2, 0) is 4.79 Å². The second-order valence-corrected chi connectivity index (χ2v) is 6.35. The molecule has 1 N–H and O–H groups in total. The first-order valence-electron chi connectivity index (χ1n) is 6.73. The molecule has 1 aliphatic heterocycles. The van der Waals surface area contributed by atoms with Crippen molar-refractivity contribution in [1.82, 2.24) is 4.90 Å². The first-order valence-corrected chi connectivity index (χ1v) is 7.55. The van der Waals surface area contributed by atoms with Gasteiger partial charge in [0, 0.05) is 29.6 Å².